The van der Waals surface area contributed by atoms with Gasteiger partial charge in [-0.15, -0.1) is 0 Å². The molecule has 2 saturated carbocycles. The van der Waals surface area contributed by atoms with Crippen LogP contribution in [-0.2, 0) is 4.74 Å². The summed E-state index contributed by atoms with van der Waals surface area (Å²) in [5.74, 6) is 2.73. The van der Waals surface area contributed by atoms with Gasteiger partial charge < -0.3 is 24.7 Å². The van der Waals surface area contributed by atoms with Crippen molar-refractivity contribution in [1.82, 2.24) is 19.4 Å². The fraction of sp³-hybridized carbons (Fsp3) is 0.600. The van der Waals surface area contributed by atoms with E-state index in [1.807, 2.05) is 0 Å². The molecule has 0 radical (unpaired) electrons. The number of hydrogen-bond donors (Lipinski definition) is 1. The van der Waals surface area contributed by atoms with E-state index >= 15 is 0 Å². The van der Waals surface area contributed by atoms with Crippen LogP contribution >= 0.6 is 0 Å². The van der Waals surface area contributed by atoms with E-state index in [9.17, 15) is 8.78 Å². The molecule has 2 aromatic heterocycles. The maximum Gasteiger partial charge on any atom is 0.387 e. The SMILES string of the molecule is COCCN1C[C@@H]2[C@H](C1)[C@@H]2n1cc(-c2cnc(N)c(OC(F)F)c2)nc1C1CC1. The highest BCUT2D eigenvalue weighted by Crippen LogP contribution is 2.57. The van der Waals surface area contributed by atoms with Crippen LogP contribution in [0.1, 0.15) is 30.6 Å². The summed E-state index contributed by atoms with van der Waals surface area (Å²) in [4.78, 5) is 11.3. The largest absolute Gasteiger partial charge is 0.431 e. The lowest BCUT2D eigenvalue weighted by molar-refractivity contribution is -0.0494. The van der Waals surface area contributed by atoms with Crippen molar-refractivity contribution in [2.75, 3.05) is 39.1 Å². The number of nitrogens with zero attached hydrogens (tertiary/aromatic N) is 4. The number of anilines is 1. The minimum absolute atomic E-state index is 0.0521. The summed E-state index contributed by atoms with van der Waals surface area (Å²) >= 11 is 0. The summed E-state index contributed by atoms with van der Waals surface area (Å²) in [6.07, 6.45) is 5.92. The average Bonchev–Trinajstić information content (AvgIpc) is 3.56. The number of imidazole rings is 1. The van der Waals surface area contributed by atoms with E-state index in [-0.39, 0.29) is 11.6 Å². The molecule has 0 spiro atoms. The lowest BCUT2D eigenvalue weighted by Crippen LogP contribution is -2.28. The second kappa shape index (κ2) is 7.21. The van der Waals surface area contributed by atoms with Crippen LogP contribution in [0.2, 0.25) is 0 Å². The number of nitrogens with two attached hydrogens (primary N) is 1. The maximum atomic E-state index is 12.6. The number of nitrogen functional groups attached to an aromatic ring is 1. The van der Waals surface area contributed by atoms with E-state index < -0.39 is 6.61 Å². The molecular formula is C20H25F2N5O2. The Morgan fingerprint density at radius 1 is 1.28 bits per heavy atom. The van der Waals surface area contributed by atoms with Crippen LogP contribution in [0.4, 0.5) is 14.6 Å². The first-order valence-electron chi connectivity index (χ1n) is 10.1. The summed E-state index contributed by atoms with van der Waals surface area (Å²) < 4.78 is 37.3. The number of halogens is 2. The van der Waals surface area contributed by atoms with Crippen molar-refractivity contribution in [3.05, 3.63) is 24.3 Å². The molecular weight excluding hydrogens is 380 g/mol. The number of aromatic nitrogens is 3. The molecule has 1 aliphatic heterocycles. The van der Waals surface area contributed by atoms with Gasteiger partial charge in [0.1, 0.15) is 5.82 Å². The van der Waals surface area contributed by atoms with Crippen LogP contribution in [-0.4, -0.2) is 59.4 Å². The first-order chi connectivity index (χ1) is 14.0. The molecule has 5 rings (SSSR count). The highest BCUT2D eigenvalue weighted by Gasteiger charge is 2.57. The van der Waals surface area contributed by atoms with Gasteiger partial charge in [0.25, 0.3) is 0 Å². The van der Waals surface area contributed by atoms with Gasteiger partial charge in [0.15, 0.2) is 11.6 Å². The molecule has 0 aromatic carbocycles. The molecule has 29 heavy (non-hydrogen) atoms. The van der Waals surface area contributed by atoms with Crippen LogP contribution in [0.5, 0.6) is 5.75 Å². The Bertz CT molecular complexity index is 889. The zero-order valence-corrected chi connectivity index (χ0v) is 16.3. The van der Waals surface area contributed by atoms with Crippen LogP contribution in [0.3, 0.4) is 0 Å². The number of methoxy groups -OCH3 is 1. The van der Waals surface area contributed by atoms with Crippen molar-refractivity contribution in [3.8, 4) is 17.0 Å². The van der Waals surface area contributed by atoms with E-state index in [0.717, 1.165) is 50.6 Å². The van der Waals surface area contributed by atoms with Gasteiger partial charge in [-0.1, -0.05) is 0 Å². The second-order valence-corrected chi connectivity index (χ2v) is 8.22. The van der Waals surface area contributed by atoms with Crippen molar-refractivity contribution < 1.29 is 18.3 Å². The zero-order valence-electron chi connectivity index (χ0n) is 16.3. The summed E-state index contributed by atoms with van der Waals surface area (Å²) in [6.45, 7) is 0.976. The smallest absolute Gasteiger partial charge is 0.387 e. The number of piperidine rings is 1. The molecule has 9 heteroatoms. The van der Waals surface area contributed by atoms with Crippen molar-refractivity contribution in [2.45, 2.75) is 31.4 Å². The second-order valence-electron chi connectivity index (χ2n) is 8.22. The monoisotopic (exact) mass is 405 g/mol. The lowest BCUT2D eigenvalue weighted by atomic mass is 10.2. The quantitative estimate of drug-likeness (QED) is 0.728. The van der Waals surface area contributed by atoms with Crippen molar-refractivity contribution in [3.63, 3.8) is 0 Å². The van der Waals surface area contributed by atoms with Crippen LogP contribution in [0.25, 0.3) is 11.3 Å². The molecule has 2 aliphatic carbocycles. The third kappa shape index (κ3) is 3.57. The van der Waals surface area contributed by atoms with Gasteiger partial charge in [-0.2, -0.15) is 8.78 Å². The Kier molecular flexibility index (Phi) is 4.66. The first-order valence-corrected chi connectivity index (χ1v) is 10.1. The number of ether oxygens (including phenoxy) is 2. The number of likely N-dealkylation sites (tertiary alicyclic amines) is 1. The number of alkyl halides is 2. The van der Waals surface area contributed by atoms with E-state index in [2.05, 4.69) is 25.4 Å². The number of pyridine rings is 1. The van der Waals surface area contributed by atoms with Crippen molar-refractivity contribution in [2.24, 2.45) is 11.8 Å². The van der Waals surface area contributed by atoms with Gasteiger partial charge >= 0.3 is 6.61 Å². The average molecular weight is 405 g/mol. The Balaban J connectivity index is 1.38. The highest BCUT2D eigenvalue weighted by molar-refractivity contribution is 5.64. The fourth-order valence-corrected chi connectivity index (χ4v) is 4.61. The van der Waals surface area contributed by atoms with Gasteiger partial charge in [0, 0.05) is 56.7 Å². The van der Waals surface area contributed by atoms with E-state index in [0.29, 0.717) is 29.4 Å². The Labute approximate surface area is 167 Å². The van der Waals surface area contributed by atoms with Gasteiger partial charge in [-0.05, 0) is 30.7 Å². The number of hydrogen-bond acceptors (Lipinski definition) is 6. The molecule has 0 amide bonds. The number of rotatable bonds is 8. The van der Waals surface area contributed by atoms with E-state index in [1.54, 1.807) is 13.3 Å². The van der Waals surface area contributed by atoms with Crippen LogP contribution in [0, 0.1) is 11.8 Å². The Hall–Kier alpha value is -2.26. The Morgan fingerprint density at radius 2 is 2.03 bits per heavy atom. The molecule has 0 unspecified atom stereocenters. The molecule has 3 atom stereocenters. The van der Waals surface area contributed by atoms with E-state index in [4.69, 9.17) is 15.5 Å². The molecule has 1 saturated heterocycles. The fourth-order valence-electron chi connectivity index (χ4n) is 4.61. The predicted molar refractivity (Wildman–Crippen MR) is 103 cm³/mol. The molecule has 2 N–H and O–H groups in total. The van der Waals surface area contributed by atoms with Crippen LogP contribution in [0.15, 0.2) is 18.5 Å². The molecule has 7 nitrogen and oxygen atoms in total. The standard InChI is InChI=1S/C20H25F2N5O2/c1-28-5-4-26-8-13-14(9-26)17(13)27-10-15(25-19(27)11-2-3-11)12-6-16(29-20(21)22)18(23)24-7-12/h6-7,10-11,13-14,17,20H,2-5,8-9H2,1H3,(H2,23,24)/t13-,14+,17-. The molecule has 3 heterocycles. The lowest BCUT2D eigenvalue weighted by Gasteiger charge is -2.20. The minimum atomic E-state index is -2.94. The van der Waals surface area contributed by atoms with Crippen molar-refractivity contribution in [1.29, 1.82) is 0 Å². The molecule has 2 aromatic rings. The third-order valence-corrected chi connectivity index (χ3v) is 6.25. The number of fused-ring (bicyclic) bond motifs is 1. The molecule has 0 bridgehead atoms. The predicted octanol–water partition coefficient (Wildman–Crippen LogP) is 2.76. The first kappa shape index (κ1) is 18.7. The Morgan fingerprint density at radius 3 is 2.69 bits per heavy atom. The maximum absolute atomic E-state index is 12.6. The normalized spacial score (nSPS) is 26.1. The molecule has 3 fully saturated rings. The summed E-state index contributed by atoms with van der Waals surface area (Å²) in [5.41, 5.74) is 7.05. The van der Waals surface area contributed by atoms with Gasteiger partial charge in [-0.3, -0.25) is 0 Å². The van der Waals surface area contributed by atoms with Gasteiger partial charge in [0.05, 0.1) is 12.3 Å². The molecule has 3 aliphatic rings. The van der Waals surface area contributed by atoms with E-state index in [1.165, 1.54) is 6.07 Å². The van der Waals surface area contributed by atoms with Crippen molar-refractivity contribution >= 4 is 5.82 Å². The molecule has 156 valence electrons. The summed E-state index contributed by atoms with van der Waals surface area (Å²) in [5, 5.41) is 0. The van der Waals surface area contributed by atoms with Crippen LogP contribution < -0.4 is 10.5 Å². The zero-order chi connectivity index (χ0) is 20.1. The summed E-state index contributed by atoms with van der Waals surface area (Å²) in [7, 11) is 1.73. The highest BCUT2D eigenvalue weighted by atomic mass is 19.3. The minimum Gasteiger partial charge on any atom is -0.431 e. The summed E-state index contributed by atoms with van der Waals surface area (Å²) in [6, 6.07) is 1.97. The van der Waals surface area contributed by atoms with Gasteiger partial charge in [0.2, 0.25) is 0 Å². The topological polar surface area (TPSA) is 78.4 Å². The van der Waals surface area contributed by atoms with Gasteiger partial charge in [-0.25, -0.2) is 9.97 Å². The third-order valence-electron chi connectivity index (χ3n) is 6.25.